The van der Waals surface area contributed by atoms with Crippen molar-refractivity contribution in [1.82, 2.24) is 15.5 Å². The lowest BCUT2D eigenvalue weighted by Gasteiger charge is -2.31. The smallest absolute Gasteiger partial charge is 0.251 e. The molecule has 1 saturated heterocycles. The first-order valence-corrected chi connectivity index (χ1v) is 7.97. The van der Waals surface area contributed by atoms with Crippen LogP contribution in [0.5, 0.6) is 0 Å². The predicted octanol–water partition coefficient (Wildman–Crippen LogP) is 1.94. The molecule has 24 heavy (non-hydrogen) atoms. The molecule has 0 bridgehead atoms. The van der Waals surface area contributed by atoms with Crippen molar-refractivity contribution in [2.45, 2.75) is 25.6 Å². The summed E-state index contributed by atoms with van der Waals surface area (Å²) in [5.74, 6) is -0.779. The van der Waals surface area contributed by atoms with Crippen molar-refractivity contribution in [3.8, 4) is 0 Å². The Morgan fingerprint density at radius 2 is 2.38 bits per heavy atom. The fraction of sp³-hybridized carbons (Fsp3) is 0.412. The molecule has 0 radical (unpaired) electrons. The van der Waals surface area contributed by atoms with Crippen molar-refractivity contribution in [2.75, 3.05) is 13.2 Å². The Morgan fingerprint density at radius 3 is 3.08 bits per heavy atom. The van der Waals surface area contributed by atoms with E-state index >= 15 is 0 Å². The summed E-state index contributed by atoms with van der Waals surface area (Å²) in [5.41, 5.74) is 1.38. The quantitative estimate of drug-likeness (QED) is 0.780. The zero-order chi connectivity index (χ0) is 16.9. The van der Waals surface area contributed by atoms with Crippen LogP contribution in [0.25, 0.3) is 0 Å². The van der Waals surface area contributed by atoms with Crippen LogP contribution in [0.2, 0.25) is 0 Å². The third kappa shape index (κ3) is 3.63. The van der Waals surface area contributed by atoms with Crippen LogP contribution < -0.4 is 5.32 Å². The number of amides is 1. The van der Waals surface area contributed by atoms with Gasteiger partial charge in [0.15, 0.2) is 0 Å². The van der Waals surface area contributed by atoms with Gasteiger partial charge in [0.25, 0.3) is 5.91 Å². The van der Waals surface area contributed by atoms with Gasteiger partial charge in [-0.25, -0.2) is 4.39 Å². The van der Waals surface area contributed by atoms with E-state index in [1.807, 2.05) is 0 Å². The summed E-state index contributed by atoms with van der Waals surface area (Å²) >= 11 is 0. The molecular weight excluding hydrogens is 313 g/mol. The van der Waals surface area contributed by atoms with Gasteiger partial charge in [0.05, 0.1) is 18.9 Å². The summed E-state index contributed by atoms with van der Waals surface area (Å²) in [6, 6.07) is 4.07. The lowest BCUT2D eigenvalue weighted by Crippen LogP contribution is -2.35. The number of H-pyrrole nitrogens is 1. The number of halogens is 1. The molecule has 1 aliphatic rings. The highest BCUT2D eigenvalue weighted by molar-refractivity contribution is 5.94. The number of carbonyl (C=O) groups excluding carboxylic acids is 1. The Morgan fingerprint density at radius 1 is 1.50 bits per heavy atom. The normalized spacial score (nSPS) is 20.8. The standard InChI is InChI=1S/C17H20FN3O3/c18-15-6-11(3-4-13(15)10-22)17(23)19-7-12-2-1-5-24-16(12)14-8-20-21-9-14/h3-4,6,8-9,12,16,22H,1-2,5,7,10H2,(H,19,23)(H,20,21)/t12-,16+/m0/s1. The molecule has 3 rings (SSSR count). The SMILES string of the molecule is O=C(NC[C@@H]1CCCO[C@H]1c1cn[nH]c1)c1ccc(CO)c(F)c1. The van der Waals surface area contributed by atoms with Crippen LogP contribution in [-0.2, 0) is 11.3 Å². The molecule has 1 aromatic heterocycles. The number of nitrogens with one attached hydrogen (secondary N) is 2. The Bertz CT molecular complexity index is 690. The summed E-state index contributed by atoms with van der Waals surface area (Å²) in [6.07, 6.45) is 5.30. The van der Waals surface area contributed by atoms with E-state index in [0.717, 1.165) is 24.5 Å². The lowest BCUT2D eigenvalue weighted by atomic mass is 9.91. The second-order valence-corrected chi connectivity index (χ2v) is 5.90. The van der Waals surface area contributed by atoms with Crippen LogP contribution >= 0.6 is 0 Å². The second-order valence-electron chi connectivity index (χ2n) is 5.90. The summed E-state index contributed by atoms with van der Waals surface area (Å²) in [4.78, 5) is 12.2. The highest BCUT2D eigenvalue weighted by atomic mass is 19.1. The van der Waals surface area contributed by atoms with Crippen molar-refractivity contribution in [3.05, 3.63) is 53.1 Å². The maximum absolute atomic E-state index is 13.7. The number of hydrogen-bond donors (Lipinski definition) is 3. The van der Waals surface area contributed by atoms with E-state index in [-0.39, 0.29) is 35.7 Å². The van der Waals surface area contributed by atoms with Crippen molar-refractivity contribution in [3.63, 3.8) is 0 Å². The van der Waals surface area contributed by atoms with E-state index in [4.69, 9.17) is 9.84 Å². The maximum atomic E-state index is 13.7. The molecular formula is C17H20FN3O3. The highest BCUT2D eigenvalue weighted by Gasteiger charge is 2.28. The Balaban J connectivity index is 1.63. The van der Waals surface area contributed by atoms with E-state index in [2.05, 4.69) is 15.5 Å². The highest BCUT2D eigenvalue weighted by Crippen LogP contribution is 2.32. The molecule has 128 valence electrons. The number of carbonyl (C=O) groups is 1. The number of hydrogen-bond acceptors (Lipinski definition) is 4. The van der Waals surface area contributed by atoms with Gasteiger partial charge < -0.3 is 15.2 Å². The van der Waals surface area contributed by atoms with E-state index < -0.39 is 5.82 Å². The minimum absolute atomic E-state index is 0.105. The predicted molar refractivity (Wildman–Crippen MR) is 84.7 cm³/mol. The molecule has 0 spiro atoms. The zero-order valence-electron chi connectivity index (χ0n) is 13.2. The number of aromatic amines is 1. The average Bonchev–Trinajstić information content (AvgIpc) is 3.14. The van der Waals surface area contributed by atoms with Gasteiger partial charge in [0.1, 0.15) is 5.82 Å². The fourth-order valence-corrected chi connectivity index (χ4v) is 2.98. The van der Waals surface area contributed by atoms with Crippen molar-refractivity contribution in [1.29, 1.82) is 0 Å². The van der Waals surface area contributed by atoms with Crippen LogP contribution in [0.1, 0.15) is 40.4 Å². The number of benzene rings is 1. The topological polar surface area (TPSA) is 87.2 Å². The van der Waals surface area contributed by atoms with Crippen LogP contribution in [-0.4, -0.2) is 34.4 Å². The van der Waals surface area contributed by atoms with Crippen molar-refractivity contribution in [2.24, 2.45) is 5.92 Å². The van der Waals surface area contributed by atoms with Gasteiger partial charge in [-0.1, -0.05) is 6.07 Å². The Kier molecular flexibility index (Phi) is 5.22. The summed E-state index contributed by atoms with van der Waals surface area (Å²) in [6.45, 7) is 0.742. The molecule has 6 nitrogen and oxygen atoms in total. The molecule has 0 saturated carbocycles. The zero-order valence-corrected chi connectivity index (χ0v) is 13.2. The van der Waals surface area contributed by atoms with E-state index in [9.17, 15) is 9.18 Å². The van der Waals surface area contributed by atoms with E-state index in [1.165, 1.54) is 12.1 Å². The number of ether oxygens (including phenoxy) is 1. The molecule has 0 aliphatic carbocycles. The summed E-state index contributed by atoms with van der Waals surface area (Å²) in [7, 11) is 0. The molecule has 2 heterocycles. The van der Waals surface area contributed by atoms with Crippen LogP contribution in [0, 0.1) is 11.7 Å². The first-order valence-electron chi connectivity index (χ1n) is 7.97. The second kappa shape index (κ2) is 7.55. The number of aliphatic hydroxyl groups excluding tert-OH is 1. The molecule has 7 heteroatoms. The average molecular weight is 333 g/mol. The van der Waals surface area contributed by atoms with Gasteiger partial charge in [0.2, 0.25) is 0 Å². The number of rotatable bonds is 5. The van der Waals surface area contributed by atoms with Crippen molar-refractivity contribution < 1.29 is 19.0 Å². The first kappa shape index (κ1) is 16.6. The van der Waals surface area contributed by atoms with Gasteiger partial charge in [-0.15, -0.1) is 0 Å². The Labute approximate surface area is 139 Å². The van der Waals surface area contributed by atoms with Crippen LogP contribution in [0.3, 0.4) is 0 Å². The summed E-state index contributed by atoms with van der Waals surface area (Å²) in [5, 5.41) is 18.5. The van der Waals surface area contributed by atoms with Crippen molar-refractivity contribution >= 4 is 5.91 Å². The molecule has 3 N–H and O–H groups in total. The van der Waals surface area contributed by atoms with Gasteiger partial charge >= 0.3 is 0 Å². The first-order chi connectivity index (χ1) is 11.7. The minimum atomic E-state index is -0.581. The lowest BCUT2D eigenvalue weighted by molar-refractivity contribution is -0.0272. The van der Waals surface area contributed by atoms with Crippen LogP contribution in [0.15, 0.2) is 30.6 Å². The third-order valence-electron chi connectivity index (χ3n) is 4.30. The molecule has 1 aliphatic heterocycles. The van der Waals surface area contributed by atoms with E-state index in [0.29, 0.717) is 13.2 Å². The summed E-state index contributed by atoms with van der Waals surface area (Å²) < 4.78 is 19.5. The maximum Gasteiger partial charge on any atom is 0.251 e. The van der Waals surface area contributed by atoms with Crippen LogP contribution in [0.4, 0.5) is 4.39 Å². The number of nitrogens with zero attached hydrogens (tertiary/aromatic N) is 1. The molecule has 1 fully saturated rings. The third-order valence-corrected chi connectivity index (χ3v) is 4.30. The molecule has 0 unspecified atom stereocenters. The number of aliphatic hydroxyl groups is 1. The van der Waals surface area contributed by atoms with Gasteiger partial charge in [-0.3, -0.25) is 9.89 Å². The van der Waals surface area contributed by atoms with Gasteiger partial charge in [0, 0.05) is 42.0 Å². The monoisotopic (exact) mass is 333 g/mol. The molecule has 2 aromatic rings. The van der Waals surface area contributed by atoms with Gasteiger partial charge in [-0.05, 0) is 25.0 Å². The number of aromatic nitrogens is 2. The molecule has 1 amide bonds. The largest absolute Gasteiger partial charge is 0.392 e. The Hall–Kier alpha value is -2.25. The molecule has 2 atom stereocenters. The molecule has 1 aromatic carbocycles. The fourth-order valence-electron chi connectivity index (χ4n) is 2.98. The van der Waals surface area contributed by atoms with E-state index in [1.54, 1.807) is 12.4 Å². The van der Waals surface area contributed by atoms with Gasteiger partial charge in [-0.2, -0.15) is 5.10 Å². The minimum Gasteiger partial charge on any atom is -0.392 e.